The van der Waals surface area contributed by atoms with E-state index in [0.717, 1.165) is 43.7 Å². The van der Waals surface area contributed by atoms with E-state index in [1.54, 1.807) is 96.3 Å². The van der Waals surface area contributed by atoms with E-state index in [4.69, 9.17) is 38.8 Å². The van der Waals surface area contributed by atoms with Crippen molar-refractivity contribution in [3.63, 3.8) is 0 Å². The van der Waals surface area contributed by atoms with Gasteiger partial charge in [-0.2, -0.15) is 6.67 Å². The van der Waals surface area contributed by atoms with Crippen LogP contribution in [-0.2, 0) is 59.5 Å². The minimum Gasteiger partial charge on any atom is -1.00 e. The van der Waals surface area contributed by atoms with Crippen LogP contribution in [0.3, 0.4) is 0 Å². The number of halogens is 8. The number of benzene rings is 5. The summed E-state index contributed by atoms with van der Waals surface area (Å²) in [5.74, 6) is 0.561. The fourth-order valence-corrected chi connectivity index (χ4v) is 24.1. The minimum atomic E-state index is -3.67. The molecule has 0 bridgehead atoms. The van der Waals surface area contributed by atoms with Gasteiger partial charge in [0.15, 0.2) is 0 Å². The molecule has 0 amide bonds. The van der Waals surface area contributed by atoms with Gasteiger partial charge < -0.3 is 36.8 Å². The zero-order chi connectivity index (χ0) is 83.3. The van der Waals surface area contributed by atoms with Crippen LogP contribution in [-0.4, -0.2) is 75.7 Å². The first kappa shape index (κ1) is 110. The van der Waals surface area contributed by atoms with E-state index in [9.17, 15) is 12.9 Å². The summed E-state index contributed by atoms with van der Waals surface area (Å²) in [6.45, 7) is 66.2. The predicted molar refractivity (Wildman–Crippen MR) is 506 cm³/mol. The molecule has 1 saturated heterocycles. The molecule has 4 fully saturated rings. The van der Waals surface area contributed by atoms with Crippen molar-refractivity contribution in [2.75, 3.05) is 36.0 Å². The van der Waals surface area contributed by atoms with Crippen molar-refractivity contribution in [2.24, 2.45) is 16.7 Å². The molecule has 0 N–H and O–H groups in total. The molecule has 5 aromatic rings. The minimum absolute atomic E-state index is 0. The molecular formula is C99H157BCl4F4N4PRu2-3. The Balaban J connectivity index is 0.000000747. The van der Waals surface area contributed by atoms with Gasteiger partial charge in [-0.1, -0.05) is 224 Å². The number of hydrogen-bond donors (Lipinski definition) is 0. The van der Waals surface area contributed by atoms with Crippen molar-refractivity contribution < 1.29 is 49.3 Å². The van der Waals surface area contributed by atoms with Crippen molar-refractivity contribution in [1.29, 1.82) is 0 Å². The average Bonchev–Trinajstić information content (AvgIpc) is 1.75. The van der Waals surface area contributed by atoms with Gasteiger partial charge in [0, 0.05) is 26.7 Å². The van der Waals surface area contributed by atoms with Crippen LogP contribution in [0, 0.1) is 45.7 Å². The summed E-state index contributed by atoms with van der Waals surface area (Å²) in [5, 5.41) is 0. The molecule has 115 heavy (non-hydrogen) atoms. The molecule has 2 aliphatic heterocycles. The second kappa shape index (κ2) is 49.3. The summed E-state index contributed by atoms with van der Waals surface area (Å²) in [5.41, 5.74) is 22.4. The van der Waals surface area contributed by atoms with Crippen LogP contribution < -0.4 is 14.5 Å². The monoisotopic (exact) mass is 1860 g/mol. The van der Waals surface area contributed by atoms with Crippen molar-refractivity contribution >= 4 is 86.8 Å². The van der Waals surface area contributed by atoms with Crippen molar-refractivity contribution in [1.82, 2.24) is 4.90 Å². The van der Waals surface area contributed by atoms with E-state index in [-0.39, 0.29) is 78.2 Å². The number of nitrogens with zero attached hydrogens (tertiary/aromatic N) is 4. The number of rotatable bonds is 9. The maximum Gasteiger partial charge on any atom is -1.00 e. The zero-order valence-corrected chi connectivity index (χ0v) is 84.5. The van der Waals surface area contributed by atoms with Crippen LogP contribution in [0.5, 0.6) is 0 Å². The van der Waals surface area contributed by atoms with Crippen LogP contribution in [0.2, 0.25) is 0 Å². The van der Waals surface area contributed by atoms with Gasteiger partial charge in [-0.25, -0.2) is 9.48 Å². The van der Waals surface area contributed by atoms with E-state index in [1.165, 1.54) is 78.7 Å². The van der Waals surface area contributed by atoms with E-state index >= 15 is 0 Å². The molecule has 11 rings (SSSR count). The third kappa shape index (κ3) is 37.7. The fraction of sp³-hybridized carbons (Fsp3) is 0.586. The Morgan fingerprint density at radius 1 is 0.435 bits per heavy atom. The summed E-state index contributed by atoms with van der Waals surface area (Å²) < 4.78 is 35.3. The molecule has 16 heteroatoms. The van der Waals surface area contributed by atoms with Crippen molar-refractivity contribution in [2.45, 2.75) is 332 Å². The first-order valence-corrected chi connectivity index (χ1v) is 54.4. The fourth-order valence-electron chi connectivity index (χ4n) is 15.3. The van der Waals surface area contributed by atoms with Gasteiger partial charge in [0.25, 0.3) is 0 Å². The molecule has 0 unspecified atom stereocenters. The number of allylic oxidation sites excluding steroid dienone is 4. The van der Waals surface area contributed by atoms with Gasteiger partial charge in [0.1, 0.15) is 24.5 Å². The van der Waals surface area contributed by atoms with Gasteiger partial charge in [-0.05, 0) is 220 Å². The molecule has 6 aliphatic rings. The molecular weight excluding hydrogens is 1710 g/mol. The van der Waals surface area contributed by atoms with Gasteiger partial charge in [0.2, 0.25) is 6.34 Å². The quantitative estimate of drug-likeness (QED) is 0.0480. The molecule has 4 nitrogen and oxygen atoms in total. The Bertz CT molecular complexity index is 3600. The Morgan fingerprint density at radius 2 is 0.748 bits per heavy atom. The SMILES string of the molecule is C1CCC([PH+](C2CCCCC2)C2CCCCC2)CC1.CC.CC(C)(C)C1=C[C@H](C(C)(C)C)CC(N2[CH-]N(c3cc(C(C)(C)C)cc(C(C)(C)C)c3)CC2)=C1.CC(C)(C)c1cc(N2C=[N+](c3cc(C(C)(C)C)cc(C(C)(C)C)c3)CC2)cc(C(C)(C)C)c1.FB(F)F.[CH3-].[CH3-].[CH3-].[Cl][Ru]([Cl])=[CH]c1ccccc1.[Cl][Ru]([Cl])=[CH]c1ccccc1.[F-]. The number of anilines is 2. The standard InChI is InChI=1S/C31H49N2.C31H47N2.C18H33P.2C7H6.C2H6.3CH3.BF3.4ClH.FH.2Ru/c2*1-28(2,3)22-15-23(29(4,5)6)18-26(17-22)32-13-14-33(21-32)27-19-24(30(7,8)9)16-25(20-27)31(10,11)12;1-4-10-16(11-5-1)19(17-12-6-2-7-13-17)18-14-8-3-9-15-18;2*1-7-5-3-2-4-6-7;1-2;;;;2-1(3)4;;;;;;;/h15-19,21,25H,13-14,20H2,1-12H3;15-21H,13-14H2,1-12H3;16-18H,1-15H2;2*1-6H;1-2H3;3*1H3;;5*1H;;/q-1;+1;;;;;3*-1;;;;;;;2*+2/p-4/t25-;;;;;;;;;;;;;;;;/m0................/s1. The first-order chi connectivity index (χ1) is 51.5. The third-order valence-corrected chi connectivity index (χ3v) is 30.7. The normalized spacial score (nSPS) is 17.4. The Morgan fingerprint density at radius 3 is 1.05 bits per heavy atom. The topological polar surface area (TPSA) is 12.7 Å². The van der Waals surface area contributed by atoms with Gasteiger partial charge >= 0.3 is 154 Å². The zero-order valence-electron chi connectivity index (χ0n) is 77.0. The molecule has 0 aromatic heterocycles. The van der Waals surface area contributed by atoms with E-state index in [0.29, 0.717) is 5.92 Å². The van der Waals surface area contributed by atoms with Gasteiger partial charge in [-0.3, -0.25) is 12.9 Å². The summed E-state index contributed by atoms with van der Waals surface area (Å²) in [7, 11) is 18.9. The third-order valence-electron chi connectivity index (χ3n) is 22.4. The van der Waals surface area contributed by atoms with Crippen LogP contribution in [0.25, 0.3) is 0 Å². The second-order valence-electron chi connectivity index (χ2n) is 39.7. The average molecular weight is 1870 g/mol. The maximum atomic E-state index is 9.67. The largest absolute Gasteiger partial charge is 1.00 e. The molecule has 5 aromatic carbocycles. The summed E-state index contributed by atoms with van der Waals surface area (Å²) in [6.07, 6.45) is 32.2. The van der Waals surface area contributed by atoms with Crippen LogP contribution in [0.15, 0.2) is 139 Å². The Kier molecular flexibility index (Phi) is 47.2. The van der Waals surface area contributed by atoms with E-state index in [2.05, 4.69) is 265 Å². The Hall–Kier alpha value is -2.99. The molecule has 2 heterocycles. The molecule has 0 radical (unpaired) electrons. The molecule has 3 saturated carbocycles. The van der Waals surface area contributed by atoms with Crippen molar-refractivity contribution in [3.8, 4) is 0 Å². The van der Waals surface area contributed by atoms with Crippen LogP contribution in [0.1, 0.15) is 327 Å². The first-order valence-electron chi connectivity index (χ1n) is 41.7. The summed E-state index contributed by atoms with van der Waals surface area (Å²) >= 11 is -3.23. The summed E-state index contributed by atoms with van der Waals surface area (Å²) in [4.78, 5) is 7.41. The molecule has 0 spiro atoms. The molecule has 4 aliphatic carbocycles. The second-order valence-corrected chi connectivity index (χ2v) is 54.6. The number of hydrogen-bond acceptors (Lipinski definition) is 3. The Labute approximate surface area is 732 Å². The summed E-state index contributed by atoms with van der Waals surface area (Å²) in [6, 6.07) is 41.4. The molecule has 1 atom stereocenters. The van der Waals surface area contributed by atoms with Gasteiger partial charge in [-0.15, -0.1) is 0 Å². The molecule has 656 valence electrons. The smallest absolute Gasteiger partial charge is 1.00 e. The van der Waals surface area contributed by atoms with E-state index in [1.807, 2.05) is 83.7 Å². The van der Waals surface area contributed by atoms with Crippen LogP contribution in [0.4, 0.5) is 30.0 Å². The van der Waals surface area contributed by atoms with Crippen LogP contribution >= 0.6 is 46.7 Å². The predicted octanol–water partition coefficient (Wildman–Crippen LogP) is 28.5. The maximum absolute atomic E-state index is 9.67. The van der Waals surface area contributed by atoms with Gasteiger partial charge in [0.05, 0.1) is 17.0 Å². The van der Waals surface area contributed by atoms with Crippen molar-refractivity contribution in [3.05, 3.63) is 212 Å². The van der Waals surface area contributed by atoms with E-state index < -0.39 is 34.6 Å².